The van der Waals surface area contributed by atoms with Crippen LogP contribution in [0.25, 0.3) is 11.0 Å². The number of hydrogen-bond donors (Lipinski definition) is 0. The fourth-order valence-electron chi connectivity index (χ4n) is 4.25. The minimum atomic E-state index is -0.575. The van der Waals surface area contributed by atoms with E-state index in [1.54, 1.807) is 24.1 Å². The highest BCUT2D eigenvalue weighted by Gasteiger charge is 2.42. The maximum atomic E-state index is 13.0. The molecular weight excluding hydrogens is 352 g/mol. The first-order chi connectivity index (χ1) is 13.1. The molecule has 0 radical (unpaired) electrons. The molecule has 3 rings (SSSR count). The minimum Gasteiger partial charge on any atom is -0.461 e. The molecule has 146 valence electrons. The molecule has 0 saturated heterocycles. The average Bonchev–Trinajstić information content (AvgIpc) is 3.02. The number of hydrogen-bond acceptors (Lipinski definition) is 4. The quantitative estimate of drug-likeness (QED) is 0.775. The van der Waals surface area contributed by atoms with E-state index in [0.717, 1.165) is 11.1 Å². The third kappa shape index (κ3) is 3.60. The maximum absolute atomic E-state index is 13.0. The number of carbonyl (C=O) groups excluding carboxylic acids is 2. The smallest absolute Gasteiger partial charge is 0.257 e. The molecule has 1 aliphatic carbocycles. The number of furan rings is 1. The van der Waals surface area contributed by atoms with Crippen LogP contribution in [0.5, 0.6) is 0 Å². The Morgan fingerprint density at radius 1 is 1.32 bits per heavy atom. The number of aryl methyl sites for hydroxylation is 1. The van der Waals surface area contributed by atoms with Crippen LogP contribution in [0.1, 0.15) is 49.7 Å². The molecule has 0 bridgehead atoms. The summed E-state index contributed by atoms with van der Waals surface area (Å²) in [5, 5.41) is 10.2. The van der Waals surface area contributed by atoms with Crippen molar-refractivity contribution in [2.75, 3.05) is 13.6 Å². The van der Waals surface area contributed by atoms with Crippen molar-refractivity contribution in [3.63, 3.8) is 0 Å². The molecule has 0 spiro atoms. The van der Waals surface area contributed by atoms with Crippen molar-refractivity contribution in [2.24, 2.45) is 10.8 Å². The van der Waals surface area contributed by atoms with E-state index in [1.165, 1.54) is 0 Å². The molecule has 0 aliphatic heterocycles. The van der Waals surface area contributed by atoms with Gasteiger partial charge in [0.2, 0.25) is 0 Å². The van der Waals surface area contributed by atoms with Crippen LogP contribution in [0.3, 0.4) is 0 Å². The topological polar surface area (TPSA) is 74.3 Å². The van der Waals surface area contributed by atoms with Crippen LogP contribution in [0, 0.1) is 29.1 Å². The van der Waals surface area contributed by atoms with Crippen molar-refractivity contribution in [3.05, 3.63) is 47.2 Å². The van der Waals surface area contributed by atoms with E-state index in [-0.39, 0.29) is 22.7 Å². The molecule has 1 atom stereocenters. The lowest BCUT2D eigenvalue weighted by Gasteiger charge is -2.39. The second-order valence-electron chi connectivity index (χ2n) is 8.77. The van der Waals surface area contributed by atoms with Crippen molar-refractivity contribution in [1.29, 1.82) is 5.26 Å². The second-order valence-corrected chi connectivity index (χ2v) is 8.77. The first-order valence-electron chi connectivity index (χ1n) is 9.49. The molecule has 1 heterocycles. The highest BCUT2D eigenvalue weighted by Crippen LogP contribution is 2.44. The molecule has 1 aromatic carbocycles. The Kier molecular flexibility index (Phi) is 4.93. The second kappa shape index (κ2) is 6.94. The number of rotatable bonds is 4. The largest absolute Gasteiger partial charge is 0.461 e. The van der Waals surface area contributed by atoms with E-state index in [9.17, 15) is 14.9 Å². The van der Waals surface area contributed by atoms with Crippen LogP contribution in [-0.2, 0) is 4.79 Å². The van der Waals surface area contributed by atoms with Crippen LogP contribution in [0.15, 0.2) is 40.3 Å². The first kappa shape index (κ1) is 19.9. The zero-order chi connectivity index (χ0) is 20.7. The summed E-state index contributed by atoms with van der Waals surface area (Å²) in [5.74, 6) is 0.574. The number of carbonyl (C=O) groups is 2. The predicted molar refractivity (Wildman–Crippen MR) is 108 cm³/mol. The van der Waals surface area contributed by atoms with E-state index < -0.39 is 5.41 Å². The van der Waals surface area contributed by atoms with Crippen LogP contribution in [0.2, 0.25) is 0 Å². The standard InChI is InChI=1S/C23H26N2O3/c1-15-11-16-7-6-8-18(19(16)28-15)21(27)25(5)10-9-23(4)12-17(13-24)20(26)22(2,3)14-23/h6-8,11-12H,9-10,14H2,1-5H3/t23-/m1/s1. The molecular formula is C23H26N2O3. The molecule has 5 heteroatoms. The molecule has 1 aromatic heterocycles. The summed E-state index contributed by atoms with van der Waals surface area (Å²) in [6, 6.07) is 9.53. The summed E-state index contributed by atoms with van der Waals surface area (Å²) in [4.78, 5) is 27.0. The Morgan fingerprint density at radius 2 is 2.04 bits per heavy atom. The summed E-state index contributed by atoms with van der Waals surface area (Å²) in [7, 11) is 1.77. The molecule has 0 N–H and O–H groups in total. The van der Waals surface area contributed by atoms with Gasteiger partial charge in [0, 0.05) is 24.4 Å². The highest BCUT2D eigenvalue weighted by molar-refractivity contribution is 6.05. The van der Waals surface area contributed by atoms with Crippen molar-refractivity contribution >= 4 is 22.7 Å². The van der Waals surface area contributed by atoms with Crippen LogP contribution in [-0.4, -0.2) is 30.2 Å². The summed E-state index contributed by atoms with van der Waals surface area (Å²) in [5.41, 5.74) is 0.493. The maximum Gasteiger partial charge on any atom is 0.257 e. The zero-order valence-corrected chi connectivity index (χ0v) is 17.1. The van der Waals surface area contributed by atoms with Crippen molar-refractivity contribution < 1.29 is 14.0 Å². The Hall–Kier alpha value is -2.87. The van der Waals surface area contributed by atoms with Gasteiger partial charge in [-0.2, -0.15) is 5.26 Å². The molecule has 0 unspecified atom stereocenters. The number of Topliss-reactive ketones (excluding diaryl/α,β-unsaturated/α-hetero) is 1. The Morgan fingerprint density at radius 3 is 2.71 bits per heavy atom. The van der Waals surface area contributed by atoms with Gasteiger partial charge in [-0.15, -0.1) is 0 Å². The van der Waals surface area contributed by atoms with Gasteiger partial charge in [0.25, 0.3) is 5.91 Å². The van der Waals surface area contributed by atoms with E-state index in [4.69, 9.17) is 4.42 Å². The summed E-state index contributed by atoms with van der Waals surface area (Å²) < 4.78 is 5.72. The SMILES string of the molecule is Cc1cc2cccc(C(=O)N(C)CC[C@]3(C)C=C(C#N)C(=O)C(C)(C)C3)c2o1. The van der Waals surface area contributed by atoms with Gasteiger partial charge in [-0.05, 0) is 37.3 Å². The molecule has 1 aliphatic rings. The lowest BCUT2D eigenvalue weighted by Crippen LogP contribution is -2.39. The number of fused-ring (bicyclic) bond motifs is 1. The number of nitriles is 1. The van der Waals surface area contributed by atoms with Crippen LogP contribution in [0.4, 0.5) is 0 Å². The van der Waals surface area contributed by atoms with Gasteiger partial charge in [0.05, 0.1) is 11.1 Å². The van der Waals surface area contributed by atoms with E-state index >= 15 is 0 Å². The van der Waals surface area contributed by atoms with Gasteiger partial charge in [0.1, 0.15) is 17.4 Å². The summed E-state index contributed by atoms with van der Waals surface area (Å²) in [6.07, 6.45) is 3.11. The van der Waals surface area contributed by atoms with Gasteiger partial charge >= 0.3 is 0 Å². The van der Waals surface area contributed by atoms with Gasteiger partial charge in [-0.3, -0.25) is 9.59 Å². The molecule has 5 nitrogen and oxygen atoms in total. The molecule has 1 amide bonds. The van der Waals surface area contributed by atoms with E-state index in [1.807, 2.05) is 52.0 Å². The third-order valence-electron chi connectivity index (χ3n) is 5.58. The Balaban J connectivity index is 1.79. The molecule has 28 heavy (non-hydrogen) atoms. The lowest BCUT2D eigenvalue weighted by molar-refractivity contribution is -0.125. The monoisotopic (exact) mass is 378 g/mol. The number of ketones is 1. The highest BCUT2D eigenvalue weighted by atomic mass is 16.3. The fraction of sp³-hybridized carbons (Fsp3) is 0.435. The van der Waals surface area contributed by atoms with Crippen LogP contribution >= 0.6 is 0 Å². The van der Waals surface area contributed by atoms with Crippen molar-refractivity contribution in [1.82, 2.24) is 4.90 Å². The average molecular weight is 378 g/mol. The van der Waals surface area contributed by atoms with E-state index in [0.29, 0.717) is 30.5 Å². The number of amides is 1. The predicted octanol–water partition coefficient (Wildman–Crippen LogP) is 4.66. The minimum absolute atomic E-state index is 0.0980. The van der Waals surface area contributed by atoms with E-state index in [2.05, 4.69) is 0 Å². The molecule has 0 fully saturated rings. The van der Waals surface area contributed by atoms with Gasteiger partial charge in [-0.1, -0.05) is 39.0 Å². The summed E-state index contributed by atoms with van der Waals surface area (Å²) in [6.45, 7) is 8.20. The fourth-order valence-corrected chi connectivity index (χ4v) is 4.25. The first-order valence-corrected chi connectivity index (χ1v) is 9.49. The van der Waals surface area contributed by atoms with Crippen LogP contribution < -0.4 is 0 Å². The number of nitrogens with zero attached hydrogens (tertiary/aromatic N) is 2. The number of benzene rings is 1. The van der Waals surface area contributed by atoms with Crippen molar-refractivity contribution in [3.8, 4) is 6.07 Å². The number of para-hydroxylation sites is 1. The summed E-state index contributed by atoms with van der Waals surface area (Å²) >= 11 is 0. The van der Waals surface area contributed by atoms with Gasteiger partial charge in [0.15, 0.2) is 5.78 Å². The lowest BCUT2D eigenvalue weighted by atomic mass is 9.64. The zero-order valence-electron chi connectivity index (χ0n) is 17.1. The Bertz CT molecular complexity index is 1020. The molecule has 0 saturated carbocycles. The normalized spacial score (nSPS) is 21.3. The van der Waals surface area contributed by atoms with Gasteiger partial charge in [-0.25, -0.2) is 0 Å². The Labute approximate surface area is 165 Å². The third-order valence-corrected chi connectivity index (χ3v) is 5.58. The molecule has 2 aromatic rings. The van der Waals surface area contributed by atoms with Gasteiger partial charge < -0.3 is 9.32 Å². The van der Waals surface area contributed by atoms with Crippen molar-refractivity contribution in [2.45, 2.75) is 40.5 Å². The number of allylic oxidation sites excluding steroid dienone is 2.